The van der Waals surface area contributed by atoms with Gasteiger partial charge in [0, 0.05) is 60.9 Å². The largest absolute Gasteiger partial charge is 0.493 e. The zero-order valence-electron chi connectivity index (χ0n) is 32.9. The van der Waals surface area contributed by atoms with E-state index in [4.69, 9.17) is 25.8 Å². The van der Waals surface area contributed by atoms with Gasteiger partial charge in [-0.05, 0) is 128 Å². The second-order valence-electron chi connectivity index (χ2n) is 17.4. The molecule has 2 fully saturated rings. The van der Waals surface area contributed by atoms with E-state index in [0.29, 0.717) is 99.7 Å². The van der Waals surface area contributed by atoms with Crippen molar-refractivity contribution in [1.29, 1.82) is 0 Å². The van der Waals surface area contributed by atoms with E-state index in [2.05, 4.69) is 41.2 Å². The average Bonchev–Trinajstić information content (AvgIpc) is 3.44. The number of hydrogen-bond donors (Lipinski definition) is 2. The van der Waals surface area contributed by atoms with Gasteiger partial charge in [0.2, 0.25) is 0 Å². The molecule has 1 saturated heterocycles. The molecule has 0 amide bonds. The van der Waals surface area contributed by atoms with E-state index >= 15 is 0 Å². The number of carbonyl (C=O) groups is 1. The summed E-state index contributed by atoms with van der Waals surface area (Å²) in [6, 6.07) is 13.5. The number of carboxylic acid groups (broad SMARTS) is 1. The Morgan fingerprint density at radius 1 is 1.09 bits per heavy atom. The fourth-order valence-electron chi connectivity index (χ4n) is 10.5. The first-order valence-electron chi connectivity index (χ1n) is 20.7. The van der Waals surface area contributed by atoms with Crippen molar-refractivity contribution in [3.8, 4) is 17.2 Å². The van der Waals surface area contributed by atoms with Crippen LogP contribution in [0.3, 0.4) is 0 Å². The highest BCUT2D eigenvalue weighted by Crippen LogP contribution is 2.58. The molecular formula is C44H54ClF3N4O5. The predicted octanol–water partition coefficient (Wildman–Crippen LogP) is 8.52. The zero-order chi connectivity index (χ0) is 40.0. The van der Waals surface area contributed by atoms with Crippen LogP contribution < -0.4 is 19.5 Å². The van der Waals surface area contributed by atoms with Crippen LogP contribution in [0, 0.1) is 11.8 Å². The first kappa shape index (κ1) is 40.1. The fraction of sp³-hybridized carbons (Fsp3) is 0.591. The fourth-order valence-corrected chi connectivity index (χ4v) is 10.7. The molecule has 3 aromatic rings. The minimum atomic E-state index is -4.20. The number of carboxylic acids is 1. The van der Waals surface area contributed by atoms with Gasteiger partial charge in [-0.15, -0.1) is 0 Å². The van der Waals surface area contributed by atoms with Crippen molar-refractivity contribution in [1.82, 2.24) is 14.8 Å². The summed E-state index contributed by atoms with van der Waals surface area (Å²) in [5, 5.41) is 14.6. The summed E-state index contributed by atoms with van der Waals surface area (Å²) in [5.41, 5.74) is 4.10. The van der Waals surface area contributed by atoms with Crippen molar-refractivity contribution >= 4 is 23.3 Å². The number of nitrogens with one attached hydrogen (secondary N) is 1. The zero-order valence-corrected chi connectivity index (χ0v) is 33.6. The van der Waals surface area contributed by atoms with Crippen LogP contribution in [0.15, 0.2) is 48.7 Å². The summed E-state index contributed by atoms with van der Waals surface area (Å²) >= 11 is 6.30. The number of aliphatic carboxylic acids is 1. The molecule has 8 rings (SSSR count). The number of nitrogens with zero attached hydrogens (tertiary/aromatic N) is 3. The smallest absolute Gasteiger partial charge is 0.401 e. The lowest BCUT2D eigenvalue weighted by atomic mass is 9.59. The predicted molar refractivity (Wildman–Crippen MR) is 213 cm³/mol. The van der Waals surface area contributed by atoms with Gasteiger partial charge in [-0.25, -0.2) is 4.79 Å². The number of alkyl halides is 3. The summed E-state index contributed by atoms with van der Waals surface area (Å²) in [7, 11) is 0. The molecule has 5 aliphatic rings. The number of aryl methyl sites for hydroxylation is 1. The molecule has 1 saturated carbocycles. The molecule has 0 radical (unpaired) electrons. The third-order valence-corrected chi connectivity index (χ3v) is 13.6. The van der Waals surface area contributed by atoms with Crippen LogP contribution in [-0.4, -0.2) is 96.2 Å². The number of benzene rings is 2. The Morgan fingerprint density at radius 2 is 1.86 bits per heavy atom. The molecule has 1 aromatic heterocycles. The van der Waals surface area contributed by atoms with Crippen molar-refractivity contribution in [3.05, 3.63) is 76.1 Å². The Morgan fingerprint density at radius 3 is 2.60 bits per heavy atom. The van der Waals surface area contributed by atoms with Gasteiger partial charge < -0.3 is 24.6 Å². The van der Waals surface area contributed by atoms with Crippen molar-refractivity contribution in [3.63, 3.8) is 0 Å². The third kappa shape index (κ3) is 8.55. The first-order valence-corrected chi connectivity index (χ1v) is 21.0. The Balaban J connectivity index is 1.01. The highest BCUT2D eigenvalue weighted by molar-refractivity contribution is 6.30. The molecule has 3 heterocycles. The number of piperazine rings is 1. The maximum absolute atomic E-state index is 13.1. The minimum absolute atomic E-state index is 0.239. The number of pyridine rings is 1. The van der Waals surface area contributed by atoms with E-state index in [1.807, 2.05) is 24.4 Å². The van der Waals surface area contributed by atoms with Crippen LogP contribution in [0.4, 0.5) is 18.9 Å². The van der Waals surface area contributed by atoms with Gasteiger partial charge >= 0.3 is 12.1 Å². The van der Waals surface area contributed by atoms with Crippen molar-refractivity contribution < 1.29 is 37.3 Å². The van der Waals surface area contributed by atoms with Crippen molar-refractivity contribution in [2.75, 3.05) is 57.8 Å². The molecule has 2 aromatic carbocycles. The monoisotopic (exact) mass is 810 g/mol. The number of fused-ring (bicyclic) bond motifs is 4. The van der Waals surface area contributed by atoms with Gasteiger partial charge in [0.25, 0.3) is 0 Å². The molecule has 13 heteroatoms. The van der Waals surface area contributed by atoms with Gasteiger partial charge in [0.05, 0.1) is 13.2 Å². The highest BCUT2D eigenvalue weighted by atomic mass is 35.5. The number of anilines is 1. The van der Waals surface area contributed by atoms with E-state index in [9.17, 15) is 23.1 Å². The van der Waals surface area contributed by atoms with E-state index < -0.39 is 24.2 Å². The summed E-state index contributed by atoms with van der Waals surface area (Å²) in [6.07, 6.45) is 4.67. The van der Waals surface area contributed by atoms with Crippen LogP contribution in [0.1, 0.15) is 87.1 Å². The summed E-state index contributed by atoms with van der Waals surface area (Å²) in [4.78, 5) is 21.4. The molecule has 9 nitrogen and oxygen atoms in total. The van der Waals surface area contributed by atoms with Crippen LogP contribution in [0.2, 0.25) is 5.02 Å². The van der Waals surface area contributed by atoms with Gasteiger partial charge in [-0.2, -0.15) is 13.2 Å². The van der Waals surface area contributed by atoms with Gasteiger partial charge in [-0.1, -0.05) is 31.5 Å². The van der Waals surface area contributed by atoms with Crippen LogP contribution in [-0.2, 0) is 23.1 Å². The van der Waals surface area contributed by atoms with E-state index in [1.165, 1.54) is 21.6 Å². The van der Waals surface area contributed by atoms with Gasteiger partial charge in [0.15, 0.2) is 11.5 Å². The molecule has 0 unspecified atom stereocenters. The van der Waals surface area contributed by atoms with Crippen LogP contribution in [0.5, 0.6) is 17.2 Å². The van der Waals surface area contributed by atoms with E-state index in [0.717, 1.165) is 43.5 Å². The maximum Gasteiger partial charge on any atom is 0.401 e. The Bertz CT molecular complexity index is 1930. The molecule has 0 bridgehead atoms. The maximum atomic E-state index is 13.1. The minimum Gasteiger partial charge on any atom is -0.493 e. The second kappa shape index (κ2) is 16.1. The van der Waals surface area contributed by atoms with E-state index in [1.54, 1.807) is 12.1 Å². The quantitative estimate of drug-likeness (QED) is 0.198. The molecule has 2 N–H and O–H groups in total. The topological polar surface area (TPSA) is 96.4 Å². The lowest BCUT2D eigenvalue weighted by molar-refractivity contribution is -0.149. The number of halogens is 4. The van der Waals surface area contributed by atoms with Crippen molar-refractivity contribution in [2.24, 2.45) is 11.8 Å². The molecule has 1 spiro atoms. The molecular weight excluding hydrogens is 757 g/mol. The Hall–Kier alpha value is -3.74. The molecule has 4 atom stereocenters. The molecule has 2 aliphatic heterocycles. The third-order valence-electron chi connectivity index (χ3n) is 13.4. The lowest BCUT2D eigenvalue weighted by Crippen LogP contribution is -2.53. The number of hydrogen-bond acceptors (Lipinski definition) is 8. The van der Waals surface area contributed by atoms with Gasteiger partial charge in [-0.3, -0.25) is 14.8 Å². The molecule has 57 heavy (non-hydrogen) atoms. The normalized spacial score (nSPS) is 28.1. The first-order chi connectivity index (χ1) is 27.3. The van der Waals surface area contributed by atoms with Crippen molar-refractivity contribution in [2.45, 2.75) is 101 Å². The highest BCUT2D eigenvalue weighted by Gasteiger charge is 2.54. The Labute approximate surface area is 338 Å². The number of rotatable bonds is 11. The summed E-state index contributed by atoms with van der Waals surface area (Å²) < 4.78 is 58.4. The standard InChI is InChI=1S/C44H54ClF3N4O5/c1-28(25-55-37-9-14-49-36-8-3-5-29(2)40(36)37)19-31-20-30-21-38-39(57-34(26-56-38)24-51-15-17-52(18-16-51)27-44(46,47)48)23-35(30)42(31)10-12-43(13-11-42,41(53)54)50-33-7-4-6-32(45)22-33/h4,6-7,9,14,21-23,28-29,31,34,50H,3,5,8,10-13,15-20,24-27H2,1-2H3,(H,53,54)/t28-,29-,31+,34+,42?,43?/m1/s1. The summed E-state index contributed by atoms with van der Waals surface area (Å²) in [6.45, 7) is 6.94. The molecule has 3 aliphatic carbocycles. The Kier molecular flexibility index (Phi) is 11.3. The second-order valence-corrected chi connectivity index (χ2v) is 17.8. The van der Waals surface area contributed by atoms with Crippen LogP contribution >= 0.6 is 11.6 Å². The molecule has 308 valence electrons. The lowest BCUT2D eigenvalue weighted by Gasteiger charge is -2.47. The summed E-state index contributed by atoms with van der Waals surface area (Å²) in [5.74, 6) is 2.38. The SMILES string of the molecule is C[C@@H](COc1ccnc2c1[C@H](C)CCC2)C[C@H]1Cc2cc3c(cc2C12CCC(Nc1cccc(Cl)c1)(C(=O)O)CC2)O[C@@H](CN1CCN(CC(F)(F)F)CC1)CO3. The van der Waals surface area contributed by atoms with Gasteiger partial charge in [0.1, 0.15) is 24.0 Å². The van der Waals surface area contributed by atoms with Crippen LogP contribution in [0.25, 0.3) is 0 Å². The average molecular weight is 811 g/mol. The number of ether oxygens (including phenoxy) is 3. The van der Waals surface area contributed by atoms with E-state index in [-0.39, 0.29) is 23.4 Å². The number of aromatic nitrogens is 1.